The van der Waals surface area contributed by atoms with E-state index in [1.165, 1.54) is 10.9 Å². The molecule has 138 valence electrons. The van der Waals surface area contributed by atoms with E-state index in [0.29, 0.717) is 11.4 Å². The molecule has 1 aromatic carbocycles. The molecule has 26 heavy (non-hydrogen) atoms. The van der Waals surface area contributed by atoms with Gasteiger partial charge in [0.1, 0.15) is 0 Å². The fourth-order valence-electron chi connectivity index (χ4n) is 3.06. The molecule has 1 atom stereocenters. The Morgan fingerprint density at radius 1 is 1.23 bits per heavy atom. The summed E-state index contributed by atoms with van der Waals surface area (Å²) in [5.41, 5.74) is -1.71. The minimum absolute atomic E-state index is 0.150. The minimum atomic E-state index is -4.93. The minimum Gasteiger partial charge on any atom is -0.481 e. The number of likely N-dealkylation sites (tertiary alicyclic amines) is 1. The second-order valence-electron chi connectivity index (χ2n) is 6.27. The number of aliphatic carboxylic acids is 1. The number of halogens is 3. The van der Waals surface area contributed by atoms with E-state index in [1.807, 2.05) is 6.07 Å². The largest absolute Gasteiger partial charge is 0.481 e. The lowest BCUT2D eigenvalue weighted by Gasteiger charge is -2.27. The Labute approximate surface area is 146 Å². The van der Waals surface area contributed by atoms with Crippen molar-refractivity contribution < 1.29 is 27.9 Å². The Morgan fingerprint density at radius 2 is 1.88 bits per heavy atom. The standard InChI is InChI=1S/C17H16F3N3O3/c1-11-13(9-23(21-11)12-5-3-2-4-6-12)14(24)22-8-7-16(10-22,15(25)26)17(18,19)20/h2-6,9H,7-8,10H2,1H3,(H,25,26). The van der Waals surface area contributed by atoms with Gasteiger partial charge in [-0.15, -0.1) is 0 Å². The first-order chi connectivity index (χ1) is 12.2. The van der Waals surface area contributed by atoms with Crippen LogP contribution in [0.1, 0.15) is 22.5 Å². The summed E-state index contributed by atoms with van der Waals surface area (Å²) in [6.07, 6.45) is -4.15. The zero-order valence-corrected chi connectivity index (χ0v) is 13.8. The monoisotopic (exact) mass is 367 g/mol. The molecular formula is C17H16F3N3O3. The van der Waals surface area contributed by atoms with Gasteiger partial charge in [0.25, 0.3) is 5.91 Å². The van der Waals surface area contributed by atoms with Gasteiger partial charge in [-0.25, -0.2) is 4.68 Å². The molecule has 6 nitrogen and oxygen atoms in total. The summed E-state index contributed by atoms with van der Waals surface area (Å²) in [6.45, 7) is 0.401. The number of carbonyl (C=O) groups excluding carboxylic acids is 1. The second-order valence-corrected chi connectivity index (χ2v) is 6.27. The second kappa shape index (κ2) is 6.15. The van der Waals surface area contributed by atoms with E-state index in [4.69, 9.17) is 5.11 Å². The highest BCUT2D eigenvalue weighted by atomic mass is 19.4. The lowest BCUT2D eigenvalue weighted by Crippen LogP contribution is -2.47. The molecule has 1 aromatic heterocycles. The molecule has 2 heterocycles. The van der Waals surface area contributed by atoms with Crippen molar-refractivity contribution in [1.29, 1.82) is 0 Å². The van der Waals surface area contributed by atoms with Crippen LogP contribution < -0.4 is 0 Å². The van der Waals surface area contributed by atoms with Crippen LogP contribution in [-0.4, -0.2) is 50.9 Å². The number of hydrogen-bond acceptors (Lipinski definition) is 3. The average Bonchev–Trinajstić information content (AvgIpc) is 3.19. The molecule has 1 unspecified atom stereocenters. The number of carboxylic acid groups (broad SMARTS) is 1. The van der Waals surface area contributed by atoms with Crippen LogP contribution in [0.3, 0.4) is 0 Å². The predicted octanol–water partition coefficient (Wildman–Crippen LogP) is 2.66. The summed E-state index contributed by atoms with van der Waals surface area (Å²) in [4.78, 5) is 24.9. The molecule has 3 rings (SSSR count). The maximum Gasteiger partial charge on any atom is 0.406 e. The lowest BCUT2D eigenvalue weighted by atomic mass is 9.86. The molecular weight excluding hydrogens is 351 g/mol. The van der Waals surface area contributed by atoms with Gasteiger partial charge < -0.3 is 10.0 Å². The number of carbonyl (C=O) groups is 2. The summed E-state index contributed by atoms with van der Waals surface area (Å²) in [5.74, 6) is -2.62. The van der Waals surface area contributed by atoms with Crippen molar-refractivity contribution in [2.24, 2.45) is 5.41 Å². The lowest BCUT2D eigenvalue weighted by molar-refractivity contribution is -0.227. The number of nitrogens with zero attached hydrogens (tertiary/aromatic N) is 3. The number of rotatable bonds is 3. The third-order valence-corrected chi connectivity index (χ3v) is 4.66. The number of benzene rings is 1. The van der Waals surface area contributed by atoms with Crippen LogP contribution >= 0.6 is 0 Å². The van der Waals surface area contributed by atoms with E-state index in [1.54, 1.807) is 31.2 Å². The predicted molar refractivity (Wildman–Crippen MR) is 84.9 cm³/mol. The van der Waals surface area contributed by atoms with Gasteiger partial charge in [-0.1, -0.05) is 18.2 Å². The van der Waals surface area contributed by atoms with Gasteiger partial charge in [-0.2, -0.15) is 18.3 Å². The molecule has 1 fully saturated rings. The van der Waals surface area contributed by atoms with E-state index in [-0.39, 0.29) is 12.1 Å². The van der Waals surface area contributed by atoms with Crippen molar-refractivity contribution in [2.75, 3.05) is 13.1 Å². The van der Waals surface area contributed by atoms with Crippen molar-refractivity contribution >= 4 is 11.9 Å². The Bertz CT molecular complexity index is 848. The van der Waals surface area contributed by atoms with Crippen molar-refractivity contribution in [3.05, 3.63) is 47.8 Å². The van der Waals surface area contributed by atoms with Crippen LogP contribution in [0.5, 0.6) is 0 Å². The molecule has 1 aliphatic rings. The first-order valence-electron chi connectivity index (χ1n) is 7.87. The van der Waals surface area contributed by atoms with E-state index < -0.39 is 36.4 Å². The van der Waals surface area contributed by atoms with Gasteiger partial charge in [0.2, 0.25) is 0 Å². The third kappa shape index (κ3) is 2.83. The highest BCUT2D eigenvalue weighted by Gasteiger charge is 2.64. The molecule has 0 saturated carbocycles. The Balaban J connectivity index is 1.87. The van der Waals surface area contributed by atoms with E-state index >= 15 is 0 Å². The summed E-state index contributed by atoms with van der Waals surface area (Å²) < 4.78 is 41.3. The highest BCUT2D eigenvalue weighted by molar-refractivity contribution is 5.96. The van der Waals surface area contributed by atoms with Gasteiger partial charge in [-0.05, 0) is 25.5 Å². The molecule has 0 aliphatic carbocycles. The van der Waals surface area contributed by atoms with Crippen LogP contribution in [0.2, 0.25) is 0 Å². The van der Waals surface area contributed by atoms with Crippen molar-refractivity contribution in [1.82, 2.24) is 14.7 Å². The molecule has 9 heteroatoms. The fourth-order valence-corrected chi connectivity index (χ4v) is 3.06. The first-order valence-corrected chi connectivity index (χ1v) is 7.87. The number of aryl methyl sites for hydroxylation is 1. The number of aromatic nitrogens is 2. The molecule has 1 aliphatic heterocycles. The van der Waals surface area contributed by atoms with Crippen LogP contribution in [-0.2, 0) is 4.79 Å². The molecule has 1 saturated heterocycles. The van der Waals surface area contributed by atoms with Crippen molar-refractivity contribution in [3.8, 4) is 5.69 Å². The Morgan fingerprint density at radius 3 is 2.42 bits per heavy atom. The smallest absolute Gasteiger partial charge is 0.406 e. The normalized spacial score (nSPS) is 20.4. The zero-order valence-electron chi connectivity index (χ0n) is 13.8. The van der Waals surface area contributed by atoms with Crippen LogP contribution in [0, 0.1) is 12.3 Å². The number of carboxylic acids is 1. The highest BCUT2D eigenvalue weighted by Crippen LogP contribution is 2.46. The SMILES string of the molecule is Cc1nn(-c2ccccc2)cc1C(=O)N1CCC(C(=O)O)(C(F)(F)F)C1. The summed E-state index contributed by atoms with van der Waals surface area (Å²) >= 11 is 0. The maximum absolute atomic E-state index is 13.3. The quantitative estimate of drug-likeness (QED) is 0.905. The number of alkyl halides is 3. The Hall–Kier alpha value is -2.84. The number of hydrogen-bond donors (Lipinski definition) is 1. The maximum atomic E-state index is 13.3. The topological polar surface area (TPSA) is 75.4 Å². The first kappa shape index (κ1) is 18.0. The van der Waals surface area contributed by atoms with Crippen LogP contribution in [0.15, 0.2) is 36.5 Å². The average molecular weight is 367 g/mol. The van der Waals surface area contributed by atoms with E-state index in [2.05, 4.69) is 5.10 Å². The fraction of sp³-hybridized carbons (Fsp3) is 0.353. The van der Waals surface area contributed by atoms with Crippen LogP contribution in [0.25, 0.3) is 5.69 Å². The van der Waals surface area contributed by atoms with Gasteiger partial charge in [-0.3, -0.25) is 9.59 Å². The van der Waals surface area contributed by atoms with E-state index in [0.717, 1.165) is 4.90 Å². The van der Waals surface area contributed by atoms with Gasteiger partial charge >= 0.3 is 12.1 Å². The van der Waals surface area contributed by atoms with Crippen molar-refractivity contribution in [2.45, 2.75) is 19.5 Å². The van der Waals surface area contributed by atoms with E-state index in [9.17, 15) is 22.8 Å². The summed E-state index contributed by atoms with van der Waals surface area (Å²) in [7, 11) is 0. The summed E-state index contributed by atoms with van der Waals surface area (Å²) in [6, 6.07) is 8.95. The molecule has 2 aromatic rings. The molecule has 0 bridgehead atoms. The molecule has 0 spiro atoms. The molecule has 1 amide bonds. The summed E-state index contributed by atoms with van der Waals surface area (Å²) in [5, 5.41) is 13.3. The number of para-hydroxylation sites is 1. The zero-order chi connectivity index (χ0) is 19.1. The van der Waals surface area contributed by atoms with Gasteiger partial charge in [0, 0.05) is 19.3 Å². The molecule has 0 radical (unpaired) electrons. The number of amides is 1. The molecule has 1 N–H and O–H groups in total. The van der Waals surface area contributed by atoms with Gasteiger partial charge in [0.05, 0.1) is 16.9 Å². The van der Waals surface area contributed by atoms with Crippen LogP contribution in [0.4, 0.5) is 13.2 Å². The van der Waals surface area contributed by atoms with Gasteiger partial charge in [0.15, 0.2) is 5.41 Å². The Kier molecular flexibility index (Phi) is 4.25. The van der Waals surface area contributed by atoms with Crippen molar-refractivity contribution in [3.63, 3.8) is 0 Å². The third-order valence-electron chi connectivity index (χ3n) is 4.66.